The largest absolute Gasteiger partial charge is 0.340 e. The van der Waals surface area contributed by atoms with E-state index in [9.17, 15) is 9.59 Å². The predicted molar refractivity (Wildman–Crippen MR) is 70.8 cm³/mol. The highest BCUT2D eigenvalue weighted by Gasteiger charge is 2.44. The Balaban J connectivity index is 2.12. The van der Waals surface area contributed by atoms with Crippen molar-refractivity contribution in [2.45, 2.75) is 52.1 Å². The molecule has 1 saturated heterocycles. The summed E-state index contributed by atoms with van der Waals surface area (Å²) < 4.78 is 5.04. The molecule has 0 saturated carbocycles. The summed E-state index contributed by atoms with van der Waals surface area (Å²) in [6, 6.07) is -0.431. The molecule has 0 aromatic carbocycles. The van der Waals surface area contributed by atoms with E-state index in [0.717, 1.165) is 0 Å². The molecule has 0 radical (unpaired) electrons. The van der Waals surface area contributed by atoms with Gasteiger partial charge in [-0.15, -0.1) is 0 Å². The molecule has 1 aromatic rings. The second-order valence-corrected chi connectivity index (χ2v) is 5.52. The molecule has 7 nitrogen and oxygen atoms in total. The van der Waals surface area contributed by atoms with Gasteiger partial charge in [0, 0.05) is 13.0 Å². The highest BCUT2D eigenvalue weighted by molar-refractivity contribution is 5.99. The van der Waals surface area contributed by atoms with Gasteiger partial charge in [-0.1, -0.05) is 12.1 Å². The van der Waals surface area contributed by atoms with Crippen molar-refractivity contribution in [2.24, 2.45) is 0 Å². The zero-order valence-electron chi connectivity index (χ0n) is 12.3. The molecule has 20 heavy (non-hydrogen) atoms. The third-order valence-corrected chi connectivity index (χ3v) is 3.43. The summed E-state index contributed by atoms with van der Waals surface area (Å²) in [4.78, 5) is 30.2. The average molecular weight is 280 g/mol. The molecule has 1 atom stereocenters. The molecule has 1 aromatic heterocycles. The quantitative estimate of drug-likeness (QED) is 0.864. The van der Waals surface area contributed by atoms with E-state index in [1.165, 1.54) is 0 Å². The summed E-state index contributed by atoms with van der Waals surface area (Å²) in [5.41, 5.74) is -0.868. The third kappa shape index (κ3) is 2.66. The molecule has 2 heterocycles. The molecule has 0 aliphatic carbocycles. The van der Waals surface area contributed by atoms with Gasteiger partial charge in [-0.25, -0.2) is 0 Å². The van der Waals surface area contributed by atoms with E-state index in [1.807, 2.05) is 6.92 Å². The van der Waals surface area contributed by atoms with Crippen LogP contribution in [0, 0.1) is 6.92 Å². The van der Waals surface area contributed by atoms with E-state index in [2.05, 4.69) is 15.5 Å². The zero-order valence-corrected chi connectivity index (χ0v) is 12.3. The van der Waals surface area contributed by atoms with Crippen LogP contribution in [0.3, 0.4) is 0 Å². The maximum atomic E-state index is 12.4. The Morgan fingerprint density at radius 1 is 1.40 bits per heavy atom. The Hall–Kier alpha value is -1.92. The number of nitrogens with one attached hydrogen (secondary N) is 1. The van der Waals surface area contributed by atoms with E-state index in [0.29, 0.717) is 31.1 Å². The molecule has 1 fully saturated rings. The van der Waals surface area contributed by atoms with Crippen molar-refractivity contribution >= 4 is 11.8 Å². The van der Waals surface area contributed by atoms with E-state index < -0.39 is 11.6 Å². The van der Waals surface area contributed by atoms with Crippen LogP contribution in [-0.4, -0.2) is 45.0 Å². The average Bonchev–Trinajstić information content (AvgIpc) is 2.77. The zero-order chi connectivity index (χ0) is 14.9. The topological polar surface area (TPSA) is 88.3 Å². The van der Waals surface area contributed by atoms with Crippen LogP contribution in [0.5, 0.6) is 0 Å². The fourth-order valence-corrected chi connectivity index (χ4v) is 2.41. The molecule has 1 unspecified atom stereocenters. The maximum absolute atomic E-state index is 12.4. The maximum Gasteiger partial charge on any atom is 0.248 e. The number of aryl methyl sites for hydroxylation is 1. The Kier molecular flexibility index (Phi) is 3.78. The molecule has 2 amide bonds. The summed E-state index contributed by atoms with van der Waals surface area (Å²) in [5.74, 6) is 0.850. The first kappa shape index (κ1) is 14.5. The minimum absolute atomic E-state index is 0.0832. The van der Waals surface area contributed by atoms with Gasteiger partial charge in [0.1, 0.15) is 11.6 Å². The van der Waals surface area contributed by atoms with Crippen LogP contribution in [0.1, 0.15) is 38.9 Å². The molecular formula is C13H20N4O3. The van der Waals surface area contributed by atoms with Gasteiger partial charge in [-0.3, -0.25) is 9.59 Å². The number of nitrogens with zero attached hydrogens (tertiary/aromatic N) is 3. The first-order valence-electron chi connectivity index (χ1n) is 6.77. The van der Waals surface area contributed by atoms with Crippen LogP contribution in [0.15, 0.2) is 4.52 Å². The van der Waals surface area contributed by atoms with Crippen LogP contribution in [0.2, 0.25) is 0 Å². The van der Waals surface area contributed by atoms with Gasteiger partial charge in [0.15, 0.2) is 5.82 Å². The molecule has 1 aliphatic heterocycles. The number of piperazine rings is 1. The number of carbonyl (C=O) groups is 2. The Morgan fingerprint density at radius 3 is 2.65 bits per heavy atom. The van der Waals surface area contributed by atoms with E-state index in [1.54, 1.807) is 25.7 Å². The predicted octanol–water partition coefficient (Wildman–Crippen LogP) is 0.436. The lowest BCUT2D eigenvalue weighted by atomic mass is 9.95. The summed E-state index contributed by atoms with van der Waals surface area (Å²) in [6.07, 6.45) is 1.03. The first-order chi connectivity index (χ1) is 9.35. The summed E-state index contributed by atoms with van der Waals surface area (Å²) >= 11 is 0. The highest BCUT2D eigenvalue weighted by Crippen LogP contribution is 2.20. The van der Waals surface area contributed by atoms with Crippen molar-refractivity contribution in [3.8, 4) is 0 Å². The van der Waals surface area contributed by atoms with Crippen molar-refractivity contribution in [2.75, 3.05) is 6.54 Å². The molecule has 110 valence electrons. The monoisotopic (exact) mass is 280 g/mol. The number of amides is 2. The van der Waals surface area contributed by atoms with Gasteiger partial charge in [0.2, 0.25) is 17.7 Å². The SMILES string of the molecule is CCC1C(=O)NC(C)(C)C(=O)N1CCc1nc(C)no1. The van der Waals surface area contributed by atoms with Crippen LogP contribution < -0.4 is 5.32 Å². The van der Waals surface area contributed by atoms with Gasteiger partial charge < -0.3 is 14.7 Å². The van der Waals surface area contributed by atoms with Crippen molar-refractivity contribution < 1.29 is 14.1 Å². The Labute approximate surface area is 117 Å². The first-order valence-corrected chi connectivity index (χ1v) is 6.77. The van der Waals surface area contributed by atoms with Gasteiger partial charge in [-0.05, 0) is 27.2 Å². The van der Waals surface area contributed by atoms with Gasteiger partial charge in [0.25, 0.3) is 0 Å². The summed E-state index contributed by atoms with van der Waals surface area (Å²) in [6.45, 7) is 7.45. The van der Waals surface area contributed by atoms with Crippen LogP contribution in [-0.2, 0) is 16.0 Å². The van der Waals surface area contributed by atoms with E-state index in [-0.39, 0.29) is 11.8 Å². The molecule has 1 N–H and O–H groups in total. The lowest BCUT2D eigenvalue weighted by Crippen LogP contribution is -2.68. The number of aromatic nitrogens is 2. The number of carbonyl (C=O) groups excluding carboxylic acids is 2. The van der Waals surface area contributed by atoms with Crippen LogP contribution in [0.25, 0.3) is 0 Å². The standard InChI is InChI=1S/C13H20N4O3/c1-5-9-11(18)15-13(3,4)12(19)17(9)7-6-10-14-8(2)16-20-10/h9H,5-7H2,1-4H3,(H,15,18). The van der Waals surface area contributed by atoms with Crippen molar-refractivity contribution in [3.63, 3.8) is 0 Å². The molecule has 2 rings (SSSR count). The van der Waals surface area contributed by atoms with E-state index in [4.69, 9.17) is 4.52 Å². The Morgan fingerprint density at radius 2 is 2.10 bits per heavy atom. The summed E-state index contributed by atoms with van der Waals surface area (Å²) in [7, 11) is 0. The lowest BCUT2D eigenvalue weighted by molar-refractivity contribution is -0.153. The highest BCUT2D eigenvalue weighted by atomic mass is 16.5. The van der Waals surface area contributed by atoms with Crippen molar-refractivity contribution in [1.29, 1.82) is 0 Å². The van der Waals surface area contributed by atoms with Gasteiger partial charge in [0.05, 0.1) is 0 Å². The third-order valence-electron chi connectivity index (χ3n) is 3.43. The van der Waals surface area contributed by atoms with Crippen molar-refractivity contribution in [1.82, 2.24) is 20.4 Å². The number of hydrogen-bond donors (Lipinski definition) is 1. The van der Waals surface area contributed by atoms with Gasteiger partial charge >= 0.3 is 0 Å². The van der Waals surface area contributed by atoms with E-state index >= 15 is 0 Å². The fraction of sp³-hybridized carbons (Fsp3) is 0.692. The minimum atomic E-state index is -0.868. The number of rotatable bonds is 4. The second-order valence-electron chi connectivity index (χ2n) is 5.52. The molecule has 1 aliphatic rings. The molecule has 0 spiro atoms. The molecular weight excluding hydrogens is 260 g/mol. The van der Waals surface area contributed by atoms with Crippen molar-refractivity contribution in [3.05, 3.63) is 11.7 Å². The smallest absolute Gasteiger partial charge is 0.248 e. The lowest BCUT2D eigenvalue weighted by Gasteiger charge is -2.42. The second kappa shape index (κ2) is 5.22. The van der Waals surface area contributed by atoms with Crippen LogP contribution >= 0.6 is 0 Å². The molecule has 7 heteroatoms. The normalized spacial score (nSPS) is 22.0. The van der Waals surface area contributed by atoms with Crippen LogP contribution in [0.4, 0.5) is 0 Å². The Bertz CT molecular complexity index is 523. The number of hydrogen-bond acceptors (Lipinski definition) is 5. The minimum Gasteiger partial charge on any atom is -0.340 e. The molecule has 0 bridgehead atoms. The summed E-state index contributed by atoms with van der Waals surface area (Å²) in [5, 5.41) is 6.47. The van der Waals surface area contributed by atoms with Gasteiger partial charge in [-0.2, -0.15) is 4.98 Å². The fourth-order valence-electron chi connectivity index (χ4n) is 2.41.